The predicted octanol–water partition coefficient (Wildman–Crippen LogP) is 2.55. The van der Waals surface area contributed by atoms with Gasteiger partial charge >= 0.3 is 0 Å². The molecule has 86 valence electrons. The molecule has 1 amide bonds. The van der Waals surface area contributed by atoms with Crippen molar-refractivity contribution in [2.75, 3.05) is 17.7 Å². The number of para-hydroxylation sites is 2. The highest BCUT2D eigenvalue weighted by molar-refractivity contribution is 6.08. The maximum atomic E-state index is 12.2. The summed E-state index contributed by atoms with van der Waals surface area (Å²) in [5.41, 5.74) is 7.66. The quantitative estimate of drug-likeness (QED) is 0.800. The second-order valence-electron chi connectivity index (χ2n) is 3.79. The molecule has 0 spiro atoms. The Hall–Kier alpha value is -2.29. The van der Waals surface area contributed by atoms with Gasteiger partial charge in [0.05, 0.1) is 5.56 Å². The molecule has 0 radical (unpaired) electrons. The molecule has 0 atom stereocenters. The topological polar surface area (TPSA) is 46.3 Å². The summed E-state index contributed by atoms with van der Waals surface area (Å²) in [5.74, 6) is -0.102. The molecule has 0 aliphatic rings. The van der Waals surface area contributed by atoms with Crippen molar-refractivity contribution in [1.29, 1.82) is 0 Å². The average molecular weight is 226 g/mol. The van der Waals surface area contributed by atoms with Crippen LogP contribution in [-0.2, 0) is 0 Å². The van der Waals surface area contributed by atoms with Crippen LogP contribution in [-0.4, -0.2) is 13.0 Å². The summed E-state index contributed by atoms with van der Waals surface area (Å²) in [6.07, 6.45) is 0. The third-order valence-electron chi connectivity index (χ3n) is 2.64. The van der Waals surface area contributed by atoms with E-state index in [0.717, 1.165) is 5.69 Å². The smallest absolute Gasteiger partial charge is 0.260 e. The first-order chi connectivity index (χ1) is 8.20. The number of anilines is 2. The van der Waals surface area contributed by atoms with Crippen molar-refractivity contribution in [2.45, 2.75) is 0 Å². The SMILES string of the molecule is CN(C(=O)c1ccccc1N)c1ccccc1. The number of hydrogen-bond acceptors (Lipinski definition) is 2. The summed E-state index contributed by atoms with van der Waals surface area (Å²) >= 11 is 0. The molecule has 0 bridgehead atoms. The number of nitrogen functional groups attached to an aromatic ring is 1. The van der Waals surface area contributed by atoms with Crippen LogP contribution in [0.3, 0.4) is 0 Å². The van der Waals surface area contributed by atoms with E-state index in [1.54, 1.807) is 24.1 Å². The lowest BCUT2D eigenvalue weighted by atomic mass is 10.1. The second kappa shape index (κ2) is 4.70. The van der Waals surface area contributed by atoms with Gasteiger partial charge in [-0.3, -0.25) is 4.79 Å². The summed E-state index contributed by atoms with van der Waals surface area (Å²) in [6.45, 7) is 0. The van der Waals surface area contributed by atoms with E-state index in [-0.39, 0.29) is 5.91 Å². The van der Waals surface area contributed by atoms with Gasteiger partial charge < -0.3 is 10.6 Å². The zero-order valence-corrected chi connectivity index (χ0v) is 9.63. The number of benzene rings is 2. The number of rotatable bonds is 2. The minimum absolute atomic E-state index is 0.102. The Kier molecular flexibility index (Phi) is 3.10. The molecule has 3 nitrogen and oxygen atoms in total. The van der Waals surface area contributed by atoms with Gasteiger partial charge in [-0.2, -0.15) is 0 Å². The van der Waals surface area contributed by atoms with Gasteiger partial charge in [0.2, 0.25) is 0 Å². The molecule has 0 saturated carbocycles. The Bertz CT molecular complexity index is 523. The summed E-state index contributed by atoms with van der Waals surface area (Å²) in [7, 11) is 1.74. The van der Waals surface area contributed by atoms with Crippen LogP contribution in [0.15, 0.2) is 54.6 Å². The minimum atomic E-state index is -0.102. The van der Waals surface area contributed by atoms with Crippen molar-refractivity contribution in [1.82, 2.24) is 0 Å². The van der Waals surface area contributed by atoms with Gasteiger partial charge in [-0.15, -0.1) is 0 Å². The normalized spacial score (nSPS) is 9.94. The largest absolute Gasteiger partial charge is 0.398 e. The lowest BCUT2D eigenvalue weighted by Crippen LogP contribution is -2.26. The van der Waals surface area contributed by atoms with Gasteiger partial charge in [-0.25, -0.2) is 0 Å². The molecule has 0 aromatic heterocycles. The standard InChI is InChI=1S/C14H14N2O/c1-16(11-7-3-2-4-8-11)14(17)12-9-5-6-10-13(12)15/h2-10H,15H2,1H3. The fraction of sp³-hybridized carbons (Fsp3) is 0.0714. The summed E-state index contributed by atoms with van der Waals surface area (Å²) in [4.78, 5) is 13.8. The first-order valence-corrected chi connectivity index (χ1v) is 5.38. The molecule has 0 aliphatic heterocycles. The molecule has 0 unspecified atom stereocenters. The minimum Gasteiger partial charge on any atom is -0.398 e. The van der Waals surface area contributed by atoms with Crippen LogP contribution >= 0.6 is 0 Å². The van der Waals surface area contributed by atoms with Gasteiger partial charge in [0.1, 0.15) is 0 Å². The molecule has 0 fully saturated rings. The van der Waals surface area contributed by atoms with E-state index < -0.39 is 0 Å². The maximum absolute atomic E-state index is 12.2. The molecule has 2 aromatic carbocycles. The van der Waals surface area contributed by atoms with Crippen LogP contribution in [0.25, 0.3) is 0 Å². The number of nitrogens with zero attached hydrogens (tertiary/aromatic N) is 1. The molecular weight excluding hydrogens is 212 g/mol. The number of carbonyl (C=O) groups is 1. The highest BCUT2D eigenvalue weighted by atomic mass is 16.2. The Balaban J connectivity index is 2.30. The Morgan fingerprint density at radius 1 is 1.00 bits per heavy atom. The lowest BCUT2D eigenvalue weighted by molar-refractivity contribution is 0.0994. The van der Waals surface area contributed by atoms with Crippen LogP contribution < -0.4 is 10.6 Å². The molecule has 17 heavy (non-hydrogen) atoms. The van der Waals surface area contributed by atoms with E-state index >= 15 is 0 Å². The van der Waals surface area contributed by atoms with E-state index in [4.69, 9.17) is 5.73 Å². The van der Waals surface area contributed by atoms with Crippen LogP contribution in [0, 0.1) is 0 Å². The van der Waals surface area contributed by atoms with E-state index in [1.165, 1.54) is 0 Å². The fourth-order valence-corrected chi connectivity index (χ4v) is 1.64. The highest BCUT2D eigenvalue weighted by Gasteiger charge is 2.14. The van der Waals surface area contributed by atoms with Crippen LogP contribution in [0.1, 0.15) is 10.4 Å². The van der Waals surface area contributed by atoms with E-state index in [2.05, 4.69) is 0 Å². The molecule has 3 heteroatoms. The molecule has 0 heterocycles. The monoisotopic (exact) mass is 226 g/mol. The molecular formula is C14H14N2O. The van der Waals surface area contributed by atoms with Gasteiger partial charge in [0, 0.05) is 18.4 Å². The highest BCUT2D eigenvalue weighted by Crippen LogP contribution is 2.18. The first-order valence-electron chi connectivity index (χ1n) is 5.38. The van der Waals surface area contributed by atoms with E-state index in [0.29, 0.717) is 11.3 Å². The van der Waals surface area contributed by atoms with Crippen molar-refractivity contribution in [2.24, 2.45) is 0 Å². The van der Waals surface area contributed by atoms with Crippen molar-refractivity contribution >= 4 is 17.3 Å². The van der Waals surface area contributed by atoms with E-state index in [9.17, 15) is 4.79 Å². The van der Waals surface area contributed by atoms with Crippen LogP contribution in [0.4, 0.5) is 11.4 Å². The third-order valence-corrected chi connectivity index (χ3v) is 2.64. The van der Waals surface area contributed by atoms with Crippen LogP contribution in [0.5, 0.6) is 0 Å². The summed E-state index contributed by atoms with van der Waals surface area (Å²) in [5, 5.41) is 0. The molecule has 2 aromatic rings. The molecule has 0 aliphatic carbocycles. The fourth-order valence-electron chi connectivity index (χ4n) is 1.64. The molecule has 0 saturated heterocycles. The number of carbonyl (C=O) groups excluding carboxylic acids is 1. The molecule has 2 N–H and O–H groups in total. The van der Waals surface area contributed by atoms with Crippen molar-refractivity contribution in [3.05, 3.63) is 60.2 Å². The Morgan fingerprint density at radius 2 is 1.59 bits per heavy atom. The number of amides is 1. The third kappa shape index (κ3) is 2.28. The number of nitrogens with two attached hydrogens (primary N) is 1. The van der Waals surface area contributed by atoms with Crippen molar-refractivity contribution in [3.63, 3.8) is 0 Å². The summed E-state index contributed by atoms with van der Waals surface area (Å²) in [6, 6.07) is 16.6. The second-order valence-corrected chi connectivity index (χ2v) is 3.79. The van der Waals surface area contributed by atoms with E-state index in [1.807, 2.05) is 42.5 Å². The Labute approximate surface area is 100 Å². The maximum Gasteiger partial charge on any atom is 0.260 e. The predicted molar refractivity (Wildman–Crippen MR) is 70.0 cm³/mol. The zero-order valence-electron chi connectivity index (χ0n) is 9.63. The van der Waals surface area contributed by atoms with Gasteiger partial charge in [-0.05, 0) is 24.3 Å². The van der Waals surface area contributed by atoms with Gasteiger partial charge in [0.25, 0.3) is 5.91 Å². The van der Waals surface area contributed by atoms with Crippen LogP contribution in [0.2, 0.25) is 0 Å². The lowest BCUT2D eigenvalue weighted by Gasteiger charge is -2.18. The Morgan fingerprint density at radius 3 is 2.24 bits per heavy atom. The average Bonchev–Trinajstić information content (AvgIpc) is 2.39. The molecule has 2 rings (SSSR count). The first kappa shape index (κ1) is 11.2. The van der Waals surface area contributed by atoms with Gasteiger partial charge in [-0.1, -0.05) is 30.3 Å². The van der Waals surface area contributed by atoms with Gasteiger partial charge in [0.15, 0.2) is 0 Å². The van der Waals surface area contributed by atoms with Crippen molar-refractivity contribution < 1.29 is 4.79 Å². The number of hydrogen-bond donors (Lipinski definition) is 1. The zero-order chi connectivity index (χ0) is 12.3. The summed E-state index contributed by atoms with van der Waals surface area (Å²) < 4.78 is 0. The van der Waals surface area contributed by atoms with Crippen molar-refractivity contribution in [3.8, 4) is 0 Å².